The first-order valence-corrected chi connectivity index (χ1v) is 8.62. The van der Waals surface area contributed by atoms with Crippen LogP contribution in [-0.2, 0) is 11.2 Å². The number of hydrogen-bond donors (Lipinski definition) is 2. The zero-order valence-electron chi connectivity index (χ0n) is 13.7. The fourth-order valence-corrected chi connectivity index (χ4v) is 3.12. The molecule has 1 amide bonds. The van der Waals surface area contributed by atoms with E-state index in [4.69, 9.17) is 4.52 Å². The number of nitrogens with one attached hydrogen (secondary N) is 1. The van der Waals surface area contributed by atoms with Gasteiger partial charge in [-0.15, -0.1) is 0 Å². The van der Waals surface area contributed by atoms with E-state index in [0.717, 1.165) is 58.2 Å². The predicted octanol–water partition coefficient (Wildman–Crippen LogP) is 0.662. The van der Waals surface area contributed by atoms with E-state index >= 15 is 0 Å². The van der Waals surface area contributed by atoms with Crippen molar-refractivity contribution >= 4 is 5.91 Å². The number of aryl methyl sites for hydroxylation is 2. The first-order chi connectivity index (χ1) is 11.1. The normalized spacial score (nSPS) is 21.3. The van der Waals surface area contributed by atoms with Crippen molar-refractivity contribution in [3.05, 3.63) is 11.7 Å². The van der Waals surface area contributed by atoms with E-state index in [1.165, 1.54) is 0 Å². The lowest BCUT2D eigenvalue weighted by molar-refractivity contribution is -0.133. The standard InChI is InChI=1S/C16H26N4O3/c1-11-17-14(23-19-11)3-2-8-20-9-6-12(7-10-20)15(21)16(22)18-13-4-5-13/h12-13,15,21H,2-10H2,1H3,(H,18,22)/t15-/m1/s1. The number of hydrogen-bond acceptors (Lipinski definition) is 6. The van der Waals surface area contributed by atoms with Gasteiger partial charge in [0.15, 0.2) is 5.82 Å². The van der Waals surface area contributed by atoms with Gasteiger partial charge in [-0.3, -0.25) is 4.79 Å². The number of likely N-dealkylation sites (tertiary alicyclic amines) is 1. The maximum atomic E-state index is 11.9. The minimum absolute atomic E-state index is 0.0867. The predicted molar refractivity (Wildman–Crippen MR) is 83.7 cm³/mol. The maximum absolute atomic E-state index is 11.9. The number of piperidine rings is 1. The Hall–Kier alpha value is -1.47. The molecule has 1 aliphatic carbocycles. The number of aromatic nitrogens is 2. The van der Waals surface area contributed by atoms with Crippen molar-refractivity contribution < 1.29 is 14.4 Å². The second-order valence-electron chi connectivity index (χ2n) is 6.75. The van der Waals surface area contributed by atoms with Crippen molar-refractivity contribution in [1.29, 1.82) is 0 Å². The average Bonchev–Trinajstić information content (AvgIpc) is 3.27. The van der Waals surface area contributed by atoms with Gasteiger partial charge in [0.25, 0.3) is 0 Å². The maximum Gasteiger partial charge on any atom is 0.249 e. The van der Waals surface area contributed by atoms with Crippen LogP contribution < -0.4 is 5.32 Å². The molecule has 2 aliphatic rings. The topological polar surface area (TPSA) is 91.5 Å². The molecule has 7 nitrogen and oxygen atoms in total. The van der Waals surface area contributed by atoms with E-state index in [1.54, 1.807) is 0 Å². The Labute approximate surface area is 136 Å². The third-order valence-corrected chi connectivity index (χ3v) is 4.71. The van der Waals surface area contributed by atoms with Crippen LogP contribution in [0.2, 0.25) is 0 Å². The Morgan fingerprint density at radius 2 is 2.13 bits per heavy atom. The Morgan fingerprint density at radius 3 is 2.74 bits per heavy atom. The summed E-state index contributed by atoms with van der Waals surface area (Å²) in [5, 5.41) is 16.9. The zero-order chi connectivity index (χ0) is 16.2. The fraction of sp³-hybridized carbons (Fsp3) is 0.812. The Morgan fingerprint density at radius 1 is 1.39 bits per heavy atom. The summed E-state index contributed by atoms with van der Waals surface area (Å²) in [7, 11) is 0. The van der Waals surface area contributed by atoms with Crippen LogP contribution in [0.5, 0.6) is 0 Å². The van der Waals surface area contributed by atoms with Gasteiger partial charge in [-0.25, -0.2) is 0 Å². The molecule has 23 heavy (non-hydrogen) atoms. The summed E-state index contributed by atoms with van der Waals surface area (Å²) in [6.07, 6.45) is 4.79. The highest BCUT2D eigenvalue weighted by molar-refractivity contribution is 5.81. The lowest BCUT2D eigenvalue weighted by Crippen LogP contribution is -2.45. The van der Waals surface area contributed by atoms with Gasteiger partial charge in [0.1, 0.15) is 6.10 Å². The molecule has 0 aromatic carbocycles. The van der Waals surface area contributed by atoms with Crippen LogP contribution in [0, 0.1) is 12.8 Å². The van der Waals surface area contributed by atoms with Crippen molar-refractivity contribution in [3.8, 4) is 0 Å². The minimum Gasteiger partial charge on any atom is -0.383 e. The molecule has 2 N–H and O–H groups in total. The van der Waals surface area contributed by atoms with Gasteiger partial charge in [0, 0.05) is 12.5 Å². The van der Waals surface area contributed by atoms with Crippen LogP contribution in [0.15, 0.2) is 4.52 Å². The molecule has 0 unspecified atom stereocenters. The number of nitrogens with zero attached hydrogens (tertiary/aromatic N) is 3. The molecule has 128 valence electrons. The first kappa shape index (κ1) is 16.4. The van der Waals surface area contributed by atoms with E-state index in [0.29, 0.717) is 17.8 Å². The zero-order valence-corrected chi connectivity index (χ0v) is 13.7. The van der Waals surface area contributed by atoms with Crippen molar-refractivity contribution in [2.24, 2.45) is 5.92 Å². The molecule has 7 heteroatoms. The summed E-state index contributed by atoms with van der Waals surface area (Å²) in [6, 6.07) is 0.311. The molecule has 2 fully saturated rings. The molecule has 0 radical (unpaired) electrons. The Balaban J connectivity index is 1.33. The Bertz CT molecular complexity index is 521. The molecular formula is C16H26N4O3. The van der Waals surface area contributed by atoms with Crippen LogP contribution in [0.25, 0.3) is 0 Å². The number of carbonyl (C=O) groups is 1. The molecule has 1 aromatic heterocycles. The number of amides is 1. The first-order valence-electron chi connectivity index (χ1n) is 8.62. The van der Waals surface area contributed by atoms with E-state index in [2.05, 4.69) is 20.4 Å². The highest BCUT2D eigenvalue weighted by Crippen LogP contribution is 2.23. The van der Waals surface area contributed by atoms with Crippen molar-refractivity contribution in [2.45, 2.75) is 57.6 Å². The molecule has 1 atom stereocenters. The third kappa shape index (κ3) is 4.75. The summed E-state index contributed by atoms with van der Waals surface area (Å²) < 4.78 is 5.11. The number of carbonyl (C=O) groups excluding carboxylic acids is 1. The van der Waals surface area contributed by atoms with Crippen LogP contribution in [0.4, 0.5) is 0 Å². The second kappa shape index (κ2) is 7.40. The monoisotopic (exact) mass is 322 g/mol. The SMILES string of the molecule is Cc1noc(CCCN2CCC([C@@H](O)C(=O)NC3CC3)CC2)n1. The summed E-state index contributed by atoms with van der Waals surface area (Å²) in [5.41, 5.74) is 0. The average molecular weight is 322 g/mol. The summed E-state index contributed by atoms with van der Waals surface area (Å²) in [5.74, 6) is 1.28. The van der Waals surface area contributed by atoms with Gasteiger partial charge >= 0.3 is 0 Å². The van der Waals surface area contributed by atoms with Crippen molar-refractivity contribution in [2.75, 3.05) is 19.6 Å². The number of aliphatic hydroxyl groups excluding tert-OH is 1. The molecule has 1 saturated carbocycles. The second-order valence-corrected chi connectivity index (χ2v) is 6.75. The number of rotatable bonds is 7. The third-order valence-electron chi connectivity index (χ3n) is 4.71. The highest BCUT2D eigenvalue weighted by Gasteiger charge is 2.32. The van der Waals surface area contributed by atoms with Crippen LogP contribution in [0.3, 0.4) is 0 Å². The quantitative estimate of drug-likeness (QED) is 0.766. The molecule has 0 bridgehead atoms. The van der Waals surface area contributed by atoms with Gasteiger partial charge in [0.05, 0.1) is 0 Å². The lowest BCUT2D eigenvalue weighted by atomic mass is 9.90. The van der Waals surface area contributed by atoms with Crippen molar-refractivity contribution in [3.63, 3.8) is 0 Å². The molecule has 2 heterocycles. The summed E-state index contributed by atoms with van der Waals surface area (Å²) in [6.45, 7) is 4.67. The van der Waals surface area contributed by atoms with E-state index in [1.807, 2.05) is 6.92 Å². The number of aliphatic hydroxyl groups is 1. The molecule has 1 aliphatic heterocycles. The van der Waals surface area contributed by atoms with Gasteiger partial charge in [-0.05, 0) is 64.6 Å². The summed E-state index contributed by atoms with van der Waals surface area (Å²) in [4.78, 5) is 18.5. The molecule has 3 rings (SSSR count). The Kier molecular flexibility index (Phi) is 5.27. The van der Waals surface area contributed by atoms with Gasteiger partial charge in [-0.1, -0.05) is 5.16 Å². The fourth-order valence-electron chi connectivity index (χ4n) is 3.12. The minimum atomic E-state index is -0.848. The van der Waals surface area contributed by atoms with E-state index < -0.39 is 6.10 Å². The largest absolute Gasteiger partial charge is 0.383 e. The molecule has 1 aromatic rings. The highest BCUT2D eigenvalue weighted by atomic mass is 16.5. The van der Waals surface area contributed by atoms with Crippen LogP contribution >= 0.6 is 0 Å². The van der Waals surface area contributed by atoms with E-state index in [-0.39, 0.29) is 11.8 Å². The smallest absolute Gasteiger partial charge is 0.249 e. The van der Waals surface area contributed by atoms with Gasteiger partial charge in [0.2, 0.25) is 11.8 Å². The summed E-state index contributed by atoms with van der Waals surface area (Å²) >= 11 is 0. The lowest BCUT2D eigenvalue weighted by Gasteiger charge is -2.33. The van der Waals surface area contributed by atoms with Crippen LogP contribution in [0.1, 0.15) is 43.8 Å². The molecule has 1 saturated heterocycles. The molecule has 0 spiro atoms. The van der Waals surface area contributed by atoms with Crippen molar-refractivity contribution in [1.82, 2.24) is 20.4 Å². The van der Waals surface area contributed by atoms with Gasteiger partial charge in [-0.2, -0.15) is 4.98 Å². The van der Waals surface area contributed by atoms with E-state index in [9.17, 15) is 9.90 Å². The van der Waals surface area contributed by atoms with Gasteiger partial charge < -0.3 is 19.8 Å². The molecular weight excluding hydrogens is 296 g/mol. The van der Waals surface area contributed by atoms with Crippen LogP contribution in [-0.4, -0.2) is 57.8 Å².